The van der Waals surface area contributed by atoms with Crippen molar-refractivity contribution < 1.29 is 12.8 Å². The second-order valence-electron chi connectivity index (χ2n) is 4.19. The van der Waals surface area contributed by atoms with Crippen molar-refractivity contribution in [1.29, 1.82) is 0 Å². The zero-order valence-corrected chi connectivity index (χ0v) is 12.7. The zero-order valence-electron chi connectivity index (χ0n) is 11.0. The van der Waals surface area contributed by atoms with Gasteiger partial charge in [-0.15, -0.1) is 0 Å². The van der Waals surface area contributed by atoms with Gasteiger partial charge in [-0.25, -0.2) is 17.5 Å². The molecule has 0 heterocycles. The standard InChI is InChI=1S/C12H19FN2O2S2/c1-9(18-2)5-6-15-19(16,17)11-3-4-12(13)10(7-11)8-14/h3-4,7,9,15H,5-6,8,14H2,1-2H3. The maximum atomic E-state index is 13.3. The fourth-order valence-electron chi connectivity index (χ4n) is 1.47. The van der Waals surface area contributed by atoms with Crippen LogP contribution in [0.5, 0.6) is 0 Å². The molecule has 0 amide bonds. The van der Waals surface area contributed by atoms with Crippen LogP contribution in [0.25, 0.3) is 0 Å². The Morgan fingerprint density at radius 3 is 2.74 bits per heavy atom. The SMILES string of the molecule is CSC(C)CCNS(=O)(=O)c1ccc(F)c(CN)c1. The molecule has 0 aliphatic heterocycles. The van der Waals surface area contributed by atoms with E-state index in [1.807, 2.05) is 13.2 Å². The molecule has 0 aromatic heterocycles. The van der Waals surface area contributed by atoms with Crippen LogP contribution in [0.1, 0.15) is 18.9 Å². The predicted molar refractivity (Wildman–Crippen MR) is 77.1 cm³/mol. The van der Waals surface area contributed by atoms with Gasteiger partial charge in [-0.1, -0.05) is 6.92 Å². The van der Waals surface area contributed by atoms with E-state index in [1.54, 1.807) is 11.8 Å². The minimum absolute atomic E-state index is 0.0291. The molecule has 0 fully saturated rings. The van der Waals surface area contributed by atoms with Crippen LogP contribution >= 0.6 is 11.8 Å². The van der Waals surface area contributed by atoms with E-state index in [0.29, 0.717) is 11.8 Å². The first-order valence-electron chi connectivity index (χ1n) is 5.91. The van der Waals surface area contributed by atoms with Gasteiger partial charge in [0.15, 0.2) is 0 Å². The van der Waals surface area contributed by atoms with Crippen molar-refractivity contribution in [1.82, 2.24) is 4.72 Å². The lowest BCUT2D eigenvalue weighted by atomic mass is 10.2. The normalized spacial score (nSPS) is 13.5. The molecular formula is C12H19FN2O2S2. The van der Waals surface area contributed by atoms with Crippen molar-refractivity contribution in [3.63, 3.8) is 0 Å². The Bertz CT molecular complexity index is 520. The molecule has 0 aliphatic rings. The first kappa shape index (κ1) is 16.4. The minimum Gasteiger partial charge on any atom is -0.326 e. The third kappa shape index (κ3) is 4.76. The van der Waals surface area contributed by atoms with Crippen molar-refractivity contribution in [2.75, 3.05) is 12.8 Å². The first-order valence-corrected chi connectivity index (χ1v) is 8.68. The number of sulfonamides is 1. The third-order valence-electron chi connectivity index (χ3n) is 2.79. The Morgan fingerprint density at radius 1 is 1.47 bits per heavy atom. The highest BCUT2D eigenvalue weighted by molar-refractivity contribution is 7.99. The summed E-state index contributed by atoms with van der Waals surface area (Å²) >= 11 is 1.68. The highest BCUT2D eigenvalue weighted by Gasteiger charge is 2.15. The van der Waals surface area contributed by atoms with E-state index >= 15 is 0 Å². The summed E-state index contributed by atoms with van der Waals surface area (Å²) in [4.78, 5) is 0.0474. The second-order valence-corrected chi connectivity index (χ2v) is 7.23. The summed E-state index contributed by atoms with van der Waals surface area (Å²) in [5, 5.41) is 0.385. The summed E-state index contributed by atoms with van der Waals surface area (Å²) in [6, 6.07) is 3.64. The smallest absolute Gasteiger partial charge is 0.240 e. The van der Waals surface area contributed by atoms with E-state index in [0.717, 1.165) is 12.5 Å². The summed E-state index contributed by atoms with van der Waals surface area (Å²) in [5.74, 6) is -0.488. The summed E-state index contributed by atoms with van der Waals surface area (Å²) < 4.78 is 39.8. The van der Waals surface area contributed by atoms with E-state index in [2.05, 4.69) is 4.72 Å². The number of hydrogen-bond acceptors (Lipinski definition) is 4. The number of nitrogens with two attached hydrogens (primary N) is 1. The Kier molecular flexibility index (Phi) is 6.25. The molecule has 0 saturated heterocycles. The fraction of sp³-hybridized carbons (Fsp3) is 0.500. The van der Waals surface area contributed by atoms with Crippen LogP contribution in [0.2, 0.25) is 0 Å². The molecule has 0 spiro atoms. The Hall–Kier alpha value is -0.630. The molecule has 108 valence electrons. The van der Waals surface area contributed by atoms with Crippen LogP contribution in [-0.4, -0.2) is 26.5 Å². The lowest BCUT2D eigenvalue weighted by molar-refractivity contribution is 0.577. The maximum absolute atomic E-state index is 13.3. The van der Waals surface area contributed by atoms with Crippen LogP contribution in [0.3, 0.4) is 0 Å². The van der Waals surface area contributed by atoms with Gasteiger partial charge in [0.25, 0.3) is 0 Å². The van der Waals surface area contributed by atoms with Crippen LogP contribution in [0, 0.1) is 5.82 Å². The quantitative estimate of drug-likeness (QED) is 0.804. The lowest BCUT2D eigenvalue weighted by Gasteiger charge is -2.10. The molecule has 0 saturated carbocycles. The van der Waals surface area contributed by atoms with Gasteiger partial charge in [-0.05, 0) is 30.9 Å². The Balaban J connectivity index is 2.77. The van der Waals surface area contributed by atoms with Gasteiger partial charge in [0, 0.05) is 23.9 Å². The molecule has 4 nitrogen and oxygen atoms in total. The molecule has 0 bridgehead atoms. The molecule has 0 aliphatic carbocycles. The van der Waals surface area contributed by atoms with Crippen LogP contribution in [0.15, 0.2) is 23.1 Å². The molecule has 1 aromatic rings. The maximum Gasteiger partial charge on any atom is 0.240 e. The van der Waals surface area contributed by atoms with E-state index in [4.69, 9.17) is 5.73 Å². The van der Waals surface area contributed by atoms with Gasteiger partial charge in [0.1, 0.15) is 5.82 Å². The molecule has 0 radical (unpaired) electrons. The van der Waals surface area contributed by atoms with Gasteiger partial charge in [0.2, 0.25) is 10.0 Å². The molecule has 19 heavy (non-hydrogen) atoms. The monoisotopic (exact) mass is 306 g/mol. The van der Waals surface area contributed by atoms with Gasteiger partial charge in [-0.2, -0.15) is 11.8 Å². The number of nitrogens with one attached hydrogen (secondary N) is 1. The fourth-order valence-corrected chi connectivity index (χ4v) is 2.92. The van der Waals surface area contributed by atoms with Crippen LogP contribution in [0.4, 0.5) is 4.39 Å². The third-order valence-corrected chi connectivity index (χ3v) is 5.29. The number of thioether (sulfide) groups is 1. The zero-order chi connectivity index (χ0) is 14.5. The molecule has 1 atom stereocenters. The van der Waals surface area contributed by atoms with E-state index in [9.17, 15) is 12.8 Å². The summed E-state index contributed by atoms with van der Waals surface area (Å²) in [6.45, 7) is 2.36. The highest BCUT2D eigenvalue weighted by Crippen LogP contribution is 2.15. The van der Waals surface area contributed by atoms with Crippen molar-refractivity contribution in [2.24, 2.45) is 5.73 Å². The van der Waals surface area contributed by atoms with Gasteiger partial charge < -0.3 is 5.73 Å². The summed E-state index contributed by atoms with van der Waals surface area (Å²) in [6.07, 6.45) is 2.72. The van der Waals surface area contributed by atoms with Crippen molar-refractivity contribution in [2.45, 2.75) is 30.0 Å². The van der Waals surface area contributed by atoms with Crippen molar-refractivity contribution in [3.8, 4) is 0 Å². The van der Waals surface area contributed by atoms with Crippen molar-refractivity contribution in [3.05, 3.63) is 29.6 Å². The second kappa shape index (κ2) is 7.23. The van der Waals surface area contributed by atoms with Crippen LogP contribution < -0.4 is 10.5 Å². The largest absolute Gasteiger partial charge is 0.326 e. The average molecular weight is 306 g/mol. The first-order chi connectivity index (χ1) is 8.90. The summed E-state index contributed by atoms with van der Waals surface area (Å²) in [7, 11) is -3.60. The molecule has 1 rings (SSSR count). The van der Waals surface area contributed by atoms with Crippen LogP contribution in [-0.2, 0) is 16.6 Å². The van der Waals surface area contributed by atoms with E-state index in [-0.39, 0.29) is 17.0 Å². The highest BCUT2D eigenvalue weighted by atomic mass is 32.2. The molecule has 1 unspecified atom stereocenters. The van der Waals surface area contributed by atoms with Gasteiger partial charge in [0.05, 0.1) is 4.90 Å². The van der Waals surface area contributed by atoms with Gasteiger partial charge in [-0.3, -0.25) is 0 Å². The lowest BCUT2D eigenvalue weighted by Crippen LogP contribution is -2.26. The number of halogens is 1. The van der Waals surface area contributed by atoms with Gasteiger partial charge >= 0.3 is 0 Å². The Morgan fingerprint density at radius 2 is 2.16 bits per heavy atom. The minimum atomic E-state index is -3.60. The topological polar surface area (TPSA) is 72.2 Å². The Labute approximate surface area is 118 Å². The average Bonchev–Trinajstić information content (AvgIpc) is 2.38. The van der Waals surface area contributed by atoms with Crippen molar-refractivity contribution >= 4 is 21.8 Å². The molecule has 3 N–H and O–H groups in total. The molecule has 1 aromatic carbocycles. The molecule has 7 heteroatoms. The molecular weight excluding hydrogens is 287 g/mol. The van der Waals surface area contributed by atoms with E-state index in [1.165, 1.54) is 12.1 Å². The predicted octanol–water partition coefficient (Wildman–Crippen LogP) is 1.70. The number of rotatable bonds is 7. The number of hydrogen-bond donors (Lipinski definition) is 2. The number of benzene rings is 1. The summed E-state index contributed by atoms with van der Waals surface area (Å²) in [5.41, 5.74) is 5.56. The van der Waals surface area contributed by atoms with E-state index < -0.39 is 15.8 Å².